The highest BCUT2D eigenvalue weighted by atomic mass is 35.5. The zero-order chi connectivity index (χ0) is 16.9. The van der Waals surface area contributed by atoms with Gasteiger partial charge in [0.1, 0.15) is 11.8 Å². The van der Waals surface area contributed by atoms with Gasteiger partial charge < -0.3 is 9.64 Å². The van der Waals surface area contributed by atoms with Gasteiger partial charge in [0.05, 0.1) is 6.04 Å². The predicted octanol–water partition coefficient (Wildman–Crippen LogP) is 4.91. The normalized spacial score (nSPS) is 17.6. The molecular formula is C19H21ClN2O2. The number of aromatic nitrogens is 1. The van der Waals surface area contributed by atoms with Crippen LogP contribution in [0.2, 0.25) is 5.15 Å². The van der Waals surface area contributed by atoms with Crippen LogP contribution in [-0.4, -0.2) is 22.5 Å². The minimum atomic E-state index is -0.266. The van der Waals surface area contributed by atoms with E-state index in [2.05, 4.69) is 4.98 Å². The van der Waals surface area contributed by atoms with E-state index >= 15 is 0 Å². The van der Waals surface area contributed by atoms with E-state index in [1.807, 2.05) is 48.2 Å². The molecule has 126 valence electrons. The van der Waals surface area contributed by atoms with Crippen LogP contribution in [0, 0.1) is 6.92 Å². The van der Waals surface area contributed by atoms with Crippen LogP contribution in [0.4, 0.5) is 4.79 Å². The van der Waals surface area contributed by atoms with E-state index in [9.17, 15) is 4.79 Å². The molecule has 1 aliphatic heterocycles. The summed E-state index contributed by atoms with van der Waals surface area (Å²) < 4.78 is 5.52. The molecular weight excluding hydrogens is 324 g/mol. The Morgan fingerprint density at radius 1 is 1.25 bits per heavy atom. The van der Waals surface area contributed by atoms with E-state index in [1.54, 1.807) is 6.07 Å². The van der Waals surface area contributed by atoms with Gasteiger partial charge in [0.25, 0.3) is 0 Å². The maximum Gasteiger partial charge on any atom is 0.410 e. The molecule has 0 bridgehead atoms. The molecule has 1 aliphatic rings. The predicted molar refractivity (Wildman–Crippen MR) is 93.9 cm³/mol. The Hall–Kier alpha value is -2.07. The van der Waals surface area contributed by atoms with E-state index in [0.29, 0.717) is 18.3 Å². The number of amides is 1. The van der Waals surface area contributed by atoms with Crippen molar-refractivity contribution in [2.45, 2.75) is 38.8 Å². The van der Waals surface area contributed by atoms with Gasteiger partial charge in [-0.05, 0) is 43.4 Å². The van der Waals surface area contributed by atoms with Crippen molar-refractivity contribution in [3.05, 3.63) is 64.4 Å². The fraction of sp³-hybridized carbons (Fsp3) is 0.368. The summed E-state index contributed by atoms with van der Waals surface area (Å²) in [5.41, 5.74) is 2.91. The summed E-state index contributed by atoms with van der Waals surface area (Å²) in [7, 11) is 0. The highest BCUT2D eigenvalue weighted by Gasteiger charge is 2.30. The molecule has 1 amide bonds. The van der Waals surface area contributed by atoms with Crippen LogP contribution in [0.25, 0.3) is 0 Å². The van der Waals surface area contributed by atoms with Crippen LogP contribution >= 0.6 is 11.6 Å². The number of pyridine rings is 1. The fourth-order valence-electron chi connectivity index (χ4n) is 3.17. The van der Waals surface area contributed by atoms with Gasteiger partial charge in [-0.15, -0.1) is 0 Å². The minimum Gasteiger partial charge on any atom is -0.445 e. The highest BCUT2D eigenvalue weighted by Crippen LogP contribution is 2.33. The largest absolute Gasteiger partial charge is 0.445 e. The second-order valence-electron chi connectivity index (χ2n) is 6.05. The lowest BCUT2D eigenvalue weighted by molar-refractivity contribution is 0.0677. The van der Waals surface area contributed by atoms with Gasteiger partial charge in [-0.3, -0.25) is 0 Å². The molecule has 1 saturated heterocycles. The van der Waals surface area contributed by atoms with E-state index in [1.165, 1.54) is 0 Å². The van der Waals surface area contributed by atoms with Crippen molar-refractivity contribution in [1.82, 2.24) is 9.88 Å². The first-order valence-corrected chi connectivity index (χ1v) is 8.63. The van der Waals surface area contributed by atoms with Gasteiger partial charge in [0, 0.05) is 12.2 Å². The average Bonchev–Trinajstić information content (AvgIpc) is 2.61. The molecule has 1 aromatic heterocycles. The monoisotopic (exact) mass is 344 g/mol. The molecule has 1 unspecified atom stereocenters. The summed E-state index contributed by atoms with van der Waals surface area (Å²) in [5, 5.41) is 0.477. The Morgan fingerprint density at radius 2 is 2.04 bits per heavy atom. The van der Waals surface area contributed by atoms with Crippen molar-refractivity contribution in [1.29, 1.82) is 0 Å². The van der Waals surface area contributed by atoms with E-state index in [0.717, 1.165) is 36.1 Å². The van der Waals surface area contributed by atoms with Crippen molar-refractivity contribution >= 4 is 17.7 Å². The summed E-state index contributed by atoms with van der Waals surface area (Å²) in [6.07, 6.45) is 2.74. The molecule has 2 aromatic rings. The van der Waals surface area contributed by atoms with Gasteiger partial charge >= 0.3 is 6.09 Å². The lowest BCUT2D eigenvalue weighted by atomic mass is 9.95. The summed E-state index contributed by atoms with van der Waals surface area (Å²) in [5.74, 6) is 0. The van der Waals surface area contributed by atoms with Crippen molar-refractivity contribution in [2.75, 3.05) is 6.54 Å². The highest BCUT2D eigenvalue weighted by molar-refractivity contribution is 6.29. The molecule has 5 heteroatoms. The first-order valence-electron chi connectivity index (χ1n) is 8.25. The molecule has 0 radical (unpaired) electrons. The van der Waals surface area contributed by atoms with Gasteiger partial charge in [0.2, 0.25) is 0 Å². The number of nitrogens with zero attached hydrogens (tertiary/aromatic N) is 2. The summed E-state index contributed by atoms with van der Waals surface area (Å²) >= 11 is 5.96. The van der Waals surface area contributed by atoms with Crippen molar-refractivity contribution in [3.63, 3.8) is 0 Å². The Labute approximate surface area is 147 Å². The third kappa shape index (κ3) is 3.88. The Bertz CT molecular complexity index is 706. The molecule has 0 aliphatic carbocycles. The molecule has 4 nitrogen and oxygen atoms in total. The summed E-state index contributed by atoms with van der Waals surface area (Å²) in [6.45, 7) is 2.93. The standard InChI is InChI=1S/C19H21ClN2O2/c1-14-16(10-11-18(20)21-14)17-9-5-6-12-22(17)19(23)24-13-15-7-3-2-4-8-15/h2-4,7-8,10-11,17H,5-6,9,12-13H2,1H3. The number of hydrogen-bond acceptors (Lipinski definition) is 3. The number of benzene rings is 1. The second-order valence-corrected chi connectivity index (χ2v) is 6.44. The number of carbonyl (C=O) groups excluding carboxylic acids is 1. The van der Waals surface area contributed by atoms with Crippen LogP contribution in [-0.2, 0) is 11.3 Å². The third-order valence-electron chi connectivity index (χ3n) is 4.39. The molecule has 0 saturated carbocycles. The number of halogens is 1. The number of rotatable bonds is 3. The van der Waals surface area contributed by atoms with Crippen molar-refractivity contribution in [2.24, 2.45) is 0 Å². The Morgan fingerprint density at radius 3 is 2.79 bits per heavy atom. The van der Waals surface area contributed by atoms with E-state index in [-0.39, 0.29) is 12.1 Å². The first-order chi connectivity index (χ1) is 11.6. The Kier molecular flexibility index (Phi) is 5.36. The molecule has 24 heavy (non-hydrogen) atoms. The second kappa shape index (κ2) is 7.67. The maximum absolute atomic E-state index is 12.6. The van der Waals surface area contributed by atoms with Gasteiger partial charge in [-0.25, -0.2) is 9.78 Å². The first kappa shape index (κ1) is 16.8. The zero-order valence-electron chi connectivity index (χ0n) is 13.7. The summed E-state index contributed by atoms with van der Waals surface area (Å²) in [6, 6.07) is 13.5. The molecule has 3 rings (SSSR count). The van der Waals surface area contributed by atoms with Gasteiger partial charge in [0.15, 0.2) is 0 Å². The van der Waals surface area contributed by atoms with E-state index < -0.39 is 0 Å². The SMILES string of the molecule is Cc1nc(Cl)ccc1C1CCCCN1C(=O)OCc1ccccc1. The number of ether oxygens (including phenoxy) is 1. The molecule has 2 heterocycles. The number of aryl methyl sites for hydroxylation is 1. The van der Waals surface area contributed by atoms with Crippen LogP contribution in [0.5, 0.6) is 0 Å². The van der Waals surface area contributed by atoms with Crippen LogP contribution in [0.15, 0.2) is 42.5 Å². The minimum absolute atomic E-state index is 0.00629. The number of carbonyl (C=O) groups is 1. The number of likely N-dealkylation sites (tertiary alicyclic amines) is 1. The summed E-state index contributed by atoms with van der Waals surface area (Å²) in [4.78, 5) is 18.7. The molecule has 0 spiro atoms. The lowest BCUT2D eigenvalue weighted by Crippen LogP contribution is -2.39. The number of hydrogen-bond donors (Lipinski definition) is 0. The molecule has 1 fully saturated rings. The number of piperidine rings is 1. The topological polar surface area (TPSA) is 42.4 Å². The van der Waals surface area contributed by atoms with Crippen LogP contribution in [0.3, 0.4) is 0 Å². The van der Waals surface area contributed by atoms with Crippen LogP contribution < -0.4 is 0 Å². The Balaban J connectivity index is 1.73. The average molecular weight is 345 g/mol. The quantitative estimate of drug-likeness (QED) is 0.743. The lowest BCUT2D eigenvalue weighted by Gasteiger charge is -2.35. The van der Waals surface area contributed by atoms with Crippen LogP contribution in [0.1, 0.15) is 42.1 Å². The zero-order valence-corrected chi connectivity index (χ0v) is 14.5. The molecule has 0 N–H and O–H groups in total. The van der Waals surface area contributed by atoms with Crippen molar-refractivity contribution in [3.8, 4) is 0 Å². The van der Waals surface area contributed by atoms with Gasteiger partial charge in [-0.1, -0.05) is 48.0 Å². The third-order valence-corrected chi connectivity index (χ3v) is 4.60. The smallest absolute Gasteiger partial charge is 0.410 e. The van der Waals surface area contributed by atoms with Crippen molar-refractivity contribution < 1.29 is 9.53 Å². The fourth-order valence-corrected chi connectivity index (χ4v) is 3.36. The van der Waals surface area contributed by atoms with E-state index in [4.69, 9.17) is 16.3 Å². The molecule has 1 aromatic carbocycles. The molecule has 1 atom stereocenters. The van der Waals surface area contributed by atoms with Gasteiger partial charge in [-0.2, -0.15) is 0 Å². The maximum atomic E-state index is 12.6.